The molecule has 3 aromatic rings. The van der Waals surface area contributed by atoms with Crippen LogP contribution in [0.5, 0.6) is 0 Å². The normalized spacial score (nSPS) is 11.7. The fourth-order valence-corrected chi connectivity index (χ4v) is 2.11. The molecule has 1 heterocycles. The van der Waals surface area contributed by atoms with Crippen molar-refractivity contribution in [2.24, 2.45) is 0 Å². The molecule has 126 valence electrons. The zero-order valence-corrected chi connectivity index (χ0v) is 13.2. The number of anilines is 1. The summed E-state index contributed by atoms with van der Waals surface area (Å²) in [5, 5.41) is 25.4. The monoisotopic (exact) mass is 338 g/mol. The standard InChI is InChI=1S/C16H14N6O3/c1-11(16(23)17-13-7-9-14(10-8-13)22(24)25)21-19-15(18-20-21)12-5-3-2-4-6-12/h2-11H,1H3,(H,17,23). The van der Waals surface area contributed by atoms with E-state index in [0.29, 0.717) is 11.5 Å². The van der Waals surface area contributed by atoms with Crippen molar-refractivity contribution in [1.82, 2.24) is 20.2 Å². The number of nitrogens with zero attached hydrogens (tertiary/aromatic N) is 5. The number of hydrogen-bond acceptors (Lipinski definition) is 6. The minimum atomic E-state index is -0.694. The molecular weight excluding hydrogens is 324 g/mol. The van der Waals surface area contributed by atoms with Gasteiger partial charge in [-0.1, -0.05) is 30.3 Å². The molecule has 2 aromatic carbocycles. The van der Waals surface area contributed by atoms with E-state index >= 15 is 0 Å². The van der Waals surface area contributed by atoms with Crippen LogP contribution in [0, 0.1) is 10.1 Å². The molecule has 9 heteroatoms. The quantitative estimate of drug-likeness (QED) is 0.564. The van der Waals surface area contributed by atoms with Gasteiger partial charge in [-0.25, -0.2) is 0 Å². The lowest BCUT2D eigenvalue weighted by molar-refractivity contribution is -0.384. The van der Waals surface area contributed by atoms with Crippen molar-refractivity contribution in [2.45, 2.75) is 13.0 Å². The molecule has 0 radical (unpaired) electrons. The summed E-state index contributed by atoms with van der Waals surface area (Å²) < 4.78 is 0. The topological polar surface area (TPSA) is 116 Å². The Balaban J connectivity index is 1.70. The first-order valence-corrected chi connectivity index (χ1v) is 7.45. The summed E-state index contributed by atoms with van der Waals surface area (Å²) >= 11 is 0. The average Bonchev–Trinajstić information content (AvgIpc) is 3.12. The summed E-state index contributed by atoms with van der Waals surface area (Å²) in [5.41, 5.74) is 1.21. The Hall–Kier alpha value is -3.62. The molecule has 0 aliphatic heterocycles. The van der Waals surface area contributed by atoms with Gasteiger partial charge in [0.05, 0.1) is 4.92 Å². The van der Waals surface area contributed by atoms with Crippen LogP contribution in [0.2, 0.25) is 0 Å². The van der Waals surface area contributed by atoms with Crippen LogP contribution in [0.4, 0.5) is 11.4 Å². The van der Waals surface area contributed by atoms with Gasteiger partial charge in [-0.3, -0.25) is 14.9 Å². The predicted molar refractivity (Wildman–Crippen MR) is 89.7 cm³/mol. The highest BCUT2D eigenvalue weighted by Crippen LogP contribution is 2.17. The van der Waals surface area contributed by atoms with E-state index in [1.165, 1.54) is 29.1 Å². The summed E-state index contributed by atoms with van der Waals surface area (Å²) in [6.07, 6.45) is 0. The van der Waals surface area contributed by atoms with Crippen molar-refractivity contribution in [1.29, 1.82) is 0 Å². The number of benzene rings is 2. The molecule has 0 aliphatic rings. The Morgan fingerprint density at radius 3 is 2.48 bits per heavy atom. The molecule has 0 aliphatic carbocycles. The van der Waals surface area contributed by atoms with Crippen LogP contribution in [0.25, 0.3) is 11.4 Å². The number of nitro groups is 1. The van der Waals surface area contributed by atoms with E-state index in [-0.39, 0.29) is 11.6 Å². The van der Waals surface area contributed by atoms with Crippen LogP contribution in [0.1, 0.15) is 13.0 Å². The van der Waals surface area contributed by atoms with Crippen molar-refractivity contribution >= 4 is 17.3 Å². The Bertz CT molecular complexity index is 892. The van der Waals surface area contributed by atoms with Crippen molar-refractivity contribution < 1.29 is 9.72 Å². The van der Waals surface area contributed by atoms with E-state index in [2.05, 4.69) is 20.7 Å². The minimum absolute atomic E-state index is 0.0449. The van der Waals surface area contributed by atoms with E-state index in [9.17, 15) is 14.9 Å². The third-order valence-electron chi connectivity index (χ3n) is 3.53. The number of tetrazole rings is 1. The SMILES string of the molecule is CC(C(=O)Nc1ccc([N+](=O)[O-])cc1)n1nnc(-c2ccccc2)n1. The molecule has 1 atom stereocenters. The molecule has 25 heavy (non-hydrogen) atoms. The summed E-state index contributed by atoms with van der Waals surface area (Å²) in [4.78, 5) is 23.7. The predicted octanol–water partition coefficient (Wildman–Crippen LogP) is 2.45. The number of rotatable bonds is 5. The van der Waals surface area contributed by atoms with Gasteiger partial charge in [-0.2, -0.15) is 4.80 Å². The van der Waals surface area contributed by atoms with Gasteiger partial charge in [-0.15, -0.1) is 10.2 Å². The van der Waals surface area contributed by atoms with Gasteiger partial charge in [-0.05, 0) is 24.3 Å². The van der Waals surface area contributed by atoms with E-state index in [4.69, 9.17) is 0 Å². The Labute approximate surface area is 142 Å². The highest BCUT2D eigenvalue weighted by molar-refractivity contribution is 5.93. The van der Waals surface area contributed by atoms with Gasteiger partial charge in [0.2, 0.25) is 5.82 Å². The first-order chi connectivity index (χ1) is 12.0. The largest absolute Gasteiger partial charge is 0.324 e. The highest BCUT2D eigenvalue weighted by Gasteiger charge is 2.19. The first-order valence-electron chi connectivity index (χ1n) is 7.45. The second-order valence-electron chi connectivity index (χ2n) is 5.27. The second-order valence-corrected chi connectivity index (χ2v) is 5.27. The summed E-state index contributed by atoms with van der Waals surface area (Å²) in [7, 11) is 0. The number of non-ortho nitro benzene ring substituents is 1. The molecular formula is C16H14N6O3. The molecule has 1 amide bonds. The highest BCUT2D eigenvalue weighted by atomic mass is 16.6. The molecule has 0 saturated heterocycles. The van der Waals surface area contributed by atoms with E-state index in [1.54, 1.807) is 6.92 Å². The molecule has 9 nitrogen and oxygen atoms in total. The number of nitrogens with one attached hydrogen (secondary N) is 1. The smallest absolute Gasteiger partial charge is 0.269 e. The molecule has 1 unspecified atom stereocenters. The number of nitro benzene ring substituents is 1. The van der Waals surface area contributed by atoms with Crippen molar-refractivity contribution in [3.8, 4) is 11.4 Å². The molecule has 1 N–H and O–H groups in total. The van der Waals surface area contributed by atoms with Crippen molar-refractivity contribution in [2.75, 3.05) is 5.32 Å². The number of hydrogen-bond donors (Lipinski definition) is 1. The van der Waals surface area contributed by atoms with Crippen LogP contribution in [0.15, 0.2) is 54.6 Å². The number of carbonyl (C=O) groups is 1. The molecule has 0 bridgehead atoms. The lowest BCUT2D eigenvalue weighted by Crippen LogP contribution is -2.25. The number of aromatic nitrogens is 4. The van der Waals surface area contributed by atoms with E-state index in [0.717, 1.165) is 5.56 Å². The second kappa shape index (κ2) is 6.87. The van der Waals surface area contributed by atoms with E-state index in [1.807, 2.05) is 30.3 Å². The fourth-order valence-electron chi connectivity index (χ4n) is 2.11. The summed E-state index contributed by atoms with van der Waals surface area (Å²) in [6, 6.07) is 14.2. The fraction of sp³-hybridized carbons (Fsp3) is 0.125. The Kier molecular flexibility index (Phi) is 4.46. The third kappa shape index (κ3) is 3.66. The maximum Gasteiger partial charge on any atom is 0.269 e. The Morgan fingerprint density at radius 1 is 1.16 bits per heavy atom. The zero-order valence-electron chi connectivity index (χ0n) is 13.2. The van der Waals surface area contributed by atoms with Gasteiger partial charge in [0.25, 0.3) is 11.6 Å². The van der Waals surface area contributed by atoms with Gasteiger partial charge < -0.3 is 5.32 Å². The lowest BCUT2D eigenvalue weighted by atomic mass is 10.2. The third-order valence-corrected chi connectivity index (χ3v) is 3.53. The van der Waals surface area contributed by atoms with Crippen LogP contribution >= 0.6 is 0 Å². The van der Waals surface area contributed by atoms with Gasteiger partial charge in [0.15, 0.2) is 0 Å². The molecule has 0 spiro atoms. The Morgan fingerprint density at radius 2 is 1.84 bits per heavy atom. The zero-order chi connectivity index (χ0) is 17.8. The maximum absolute atomic E-state index is 12.3. The molecule has 0 fully saturated rings. The maximum atomic E-state index is 12.3. The van der Waals surface area contributed by atoms with Gasteiger partial charge in [0.1, 0.15) is 6.04 Å². The van der Waals surface area contributed by atoms with Gasteiger partial charge in [0, 0.05) is 23.4 Å². The number of amides is 1. The summed E-state index contributed by atoms with van der Waals surface area (Å²) in [6.45, 7) is 1.64. The molecule has 1 aromatic heterocycles. The number of carbonyl (C=O) groups excluding carboxylic acids is 1. The van der Waals surface area contributed by atoms with Crippen LogP contribution in [-0.2, 0) is 4.79 Å². The van der Waals surface area contributed by atoms with Gasteiger partial charge >= 0.3 is 0 Å². The lowest BCUT2D eigenvalue weighted by Gasteiger charge is -2.10. The minimum Gasteiger partial charge on any atom is -0.324 e. The van der Waals surface area contributed by atoms with Crippen LogP contribution in [0.3, 0.4) is 0 Å². The van der Waals surface area contributed by atoms with Crippen molar-refractivity contribution in [3.05, 3.63) is 64.7 Å². The van der Waals surface area contributed by atoms with Crippen LogP contribution in [-0.4, -0.2) is 31.0 Å². The summed E-state index contributed by atoms with van der Waals surface area (Å²) in [5.74, 6) is 0.0708. The average molecular weight is 338 g/mol. The first kappa shape index (κ1) is 16.2. The molecule has 0 saturated carbocycles. The van der Waals surface area contributed by atoms with Crippen molar-refractivity contribution in [3.63, 3.8) is 0 Å². The van der Waals surface area contributed by atoms with E-state index < -0.39 is 11.0 Å². The van der Waals surface area contributed by atoms with Crippen LogP contribution < -0.4 is 5.32 Å². The molecule has 3 rings (SSSR count).